The molecule has 4 heteroatoms. The number of nitrogens with zero attached hydrogens (tertiary/aromatic N) is 2. The molecule has 3 rings (SSSR count). The number of amides is 1. The van der Waals surface area contributed by atoms with Crippen LogP contribution < -0.4 is 4.74 Å². The van der Waals surface area contributed by atoms with Crippen LogP contribution in [0.2, 0.25) is 0 Å². The SMILES string of the molecule is CCOc1ccc2c(n1)CCN(C(=O)CCC1CCCC1)C2. The van der Waals surface area contributed by atoms with E-state index in [4.69, 9.17) is 4.74 Å². The second kappa shape index (κ2) is 7.12. The maximum atomic E-state index is 12.4. The lowest BCUT2D eigenvalue weighted by atomic mass is 10.0. The Morgan fingerprint density at radius 2 is 2.18 bits per heavy atom. The molecule has 1 amide bonds. The summed E-state index contributed by atoms with van der Waals surface area (Å²) in [5, 5.41) is 0. The van der Waals surface area contributed by atoms with Gasteiger partial charge in [-0.25, -0.2) is 4.98 Å². The molecule has 2 heterocycles. The number of carbonyl (C=O) groups excluding carboxylic acids is 1. The third-order valence-corrected chi connectivity index (χ3v) is 4.91. The number of fused-ring (bicyclic) bond motifs is 1. The number of aromatic nitrogens is 1. The van der Waals surface area contributed by atoms with Gasteiger partial charge in [-0.3, -0.25) is 4.79 Å². The van der Waals surface area contributed by atoms with Crippen LogP contribution in [0, 0.1) is 5.92 Å². The summed E-state index contributed by atoms with van der Waals surface area (Å²) in [6, 6.07) is 3.97. The van der Waals surface area contributed by atoms with Crippen molar-refractivity contribution in [1.29, 1.82) is 0 Å². The molecule has 1 saturated carbocycles. The molecule has 1 fully saturated rings. The minimum absolute atomic E-state index is 0.312. The molecule has 0 aromatic carbocycles. The highest BCUT2D eigenvalue weighted by atomic mass is 16.5. The number of rotatable bonds is 5. The molecule has 0 unspecified atom stereocenters. The Morgan fingerprint density at radius 1 is 1.36 bits per heavy atom. The Kier molecular flexibility index (Phi) is 4.96. The highest BCUT2D eigenvalue weighted by Crippen LogP contribution is 2.29. The van der Waals surface area contributed by atoms with Gasteiger partial charge in [0.05, 0.1) is 12.3 Å². The van der Waals surface area contributed by atoms with Crippen molar-refractivity contribution in [3.8, 4) is 5.88 Å². The summed E-state index contributed by atoms with van der Waals surface area (Å²) in [4.78, 5) is 19.0. The largest absolute Gasteiger partial charge is 0.478 e. The fourth-order valence-electron chi connectivity index (χ4n) is 3.62. The zero-order chi connectivity index (χ0) is 15.4. The maximum Gasteiger partial charge on any atom is 0.222 e. The first-order chi connectivity index (χ1) is 10.8. The van der Waals surface area contributed by atoms with Crippen molar-refractivity contribution in [1.82, 2.24) is 9.88 Å². The highest BCUT2D eigenvalue weighted by Gasteiger charge is 2.23. The summed E-state index contributed by atoms with van der Waals surface area (Å²) < 4.78 is 5.45. The lowest BCUT2D eigenvalue weighted by molar-refractivity contribution is -0.132. The van der Waals surface area contributed by atoms with Crippen molar-refractivity contribution in [2.45, 2.75) is 58.4 Å². The van der Waals surface area contributed by atoms with E-state index in [-0.39, 0.29) is 0 Å². The molecule has 0 spiro atoms. The van der Waals surface area contributed by atoms with Crippen LogP contribution in [0.4, 0.5) is 0 Å². The number of pyridine rings is 1. The minimum atomic E-state index is 0.312. The number of carbonyl (C=O) groups is 1. The van der Waals surface area contributed by atoms with E-state index in [2.05, 4.69) is 11.1 Å². The second-order valence-corrected chi connectivity index (χ2v) is 6.44. The molecule has 22 heavy (non-hydrogen) atoms. The van der Waals surface area contributed by atoms with Gasteiger partial charge in [0.2, 0.25) is 11.8 Å². The lowest BCUT2D eigenvalue weighted by Gasteiger charge is -2.29. The Hall–Kier alpha value is -1.58. The fourth-order valence-corrected chi connectivity index (χ4v) is 3.62. The van der Waals surface area contributed by atoms with E-state index in [9.17, 15) is 4.79 Å². The first kappa shape index (κ1) is 15.3. The molecule has 0 saturated heterocycles. The Labute approximate surface area is 132 Å². The Balaban J connectivity index is 1.55. The monoisotopic (exact) mass is 302 g/mol. The molecular formula is C18H26N2O2. The van der Waals surface area contributed by atoms with Crippen molar-refractivity contribution < 1.29 is 9.53 Å². The van der Waals surface area contributed by atoms with E-state index in [0.717, 1.165) is 31.0 Å². The standard InChI is InChI=1S/C18H26N2O2/c1-2-22-17-9-8-15-13-20(12-11-16(15)19-17)18(21)10-7-14-5-3-4-6-14/h8-9,14H,2-7,10-13H2,1H3. The van der Waals surface area contributed by atoms with Crippen molar-refractivity contribution >= 4 is 5.91 Å². The van der Waals surface area contributed by atoms with Gasteiger partial charge in [0.25, 0.3) is 0 Å². The minimum Gasteiger partial charge on any atom is -0.478 e. The molecule has 1 aromatic heterocycles. The summed E-state index contributed by atoms with van der Waals surface area (Å²) in [5.74, 6) is 1.80. The van der Waals surface area contributed by atoms with Gasteiger partial charge in [0.1, 0.15) is 0 Å². The van der Waals surface area contributed by atoms with Gasteiger partial charge in [-0.15, -0.1) is 0 Å². The van der Waals surface area contributed by atoms with Gasteiger partial charge >= 0.3 is 0 Å². The predicted octanol–water partition coefficient (Wildman–Crippen LogP) is 3.34. The van der Waals surface area contributed by atoms with Crippen molar-refractivity contribution in [3.05, 3.63) is 23.4 Å². The molecule has 1 aliphatic carbocycles. The van der Waals surface area contributed by atoms with Crippen LogP contribution in [0.1, 0.15) is 56.7 Å². The molecular weight excluding hydrogens is 276 g/mol. The van der Waals surface area contributed by atoms with Crippen LogP contribution in [0.15, 0.2) is 12.1 Å². The molecule has 0 radical (unpaired) electrons. The third kappa shape index (κ3) is 3.60. The van der Waals surface area contributed by atoms with Crippen molar-refractivity contribution in [2.75, 3.05) is 13.2 Å². The number of ether oxygens (including phenoxy) is 1. The first-order valence-electron chi connectivity index (χ1n) is 8.65. The maximum absolute atomic E-state index is 12.4. The van der Waals surface area contributed by atoms with Gasteiger partial charge in [-0.1, -0.05) is 31.7 Å². The quantitative estimate of drug-likeness (QED) is 0.838. The zero-order valence-electron chi connectivity index (χ0n) is 13.5. The van der Waals surface area contributed by atoms with Crippen molar-refractivity contribution in [2.24, 2.45) is 5.92 Å². The molecule has 2 aliphatic rings. The van der Waals surface area contributed by atoms with Crippen LogP contribution >= 0.6 is 0 Å². The van der Waals surface area contributed by atoms with Gasteiger partial charge in [-0.2, -0.15) is 0 Å². The first-order valence-corrected chi connectivity index (χ1v) is 8.65. The zero-order valence-corrected chi connectivity index (χ0v) is 13.5. The van der Waals surface area contributed by atoms with Gasteiger partial charge in [0, 0.05) is 32.0 Å². The van der Waals surface area contributed by atoms with E-state index in [1.54, 1.807) is 0 Å². The molecule has 4 nitrogen and oxygen atoms in total. The van der Waals surface area contributed by atoms with Crippen LogP contribution in [0.3, 0.4) is 0 Å². The number of hydrogen-bond acceptors (Lipinski definition) is 3. The van der Waals surface area contributed by atoms with Gasteiger partial charge in [-0.05, 0) is 24.8 Å². The van der Waals surface area contributed by atoms with Crippen LogP contribution in [0.25, 0.3) is 0 Å². The van der Waals surface area contributed by atoms with Gasteiger partial charge < -0.3 is 9.64 Å². The van der Waals surface area contributed by atoms with E-state index in [1.165, 1.54) is 31.2 Å². The molecule has 120 valence electrons. The normalized spacial score (nSPS) is 18.3. The average Bonchev–Trinajstić information content (AvgIpc) is 3.06. The predicted molar refractivity (Wildman–Crippen MR) is 85.7 cm³/mol. The fraction of sp³-hybridized carbons (Fsp3) is 0.667. The highest BCUT2D eigenvalue weighted by molar-refractivity contribution is 5.76. The molecule has 1 aliphatic heterocycles. The van der Waals surface area contributed by atoms with Crippen LogP contribution in [-0.2, 0) is 17.8 Å². The smallest absolute Gasteiger partial charge is 0.222 e. The van der Waals surface area contributed by atoms with Crippen LogP contribution in [-0.4, -0.2) is 28.9 Å². The summed E-state index contributed by atoms with van der Waals surface area (Å²) in [7, 11) is 0. The summed E-state index contributed by atoms with van der Waals surface area (Å²) in [5.41, 5.74) is 2.26. The third-order valence-electron chi connectivity index (χ3n) is 4.91. The average molecular weight is 302 g/mol. The molecule has 0 bridgehead atoms. The van der Waals surface area contributed by atoms with E-state index >= 15 is 0 Å². The summed E-state index contributed by atoms with van der Waals surface area (Å²) in [6.07, 6.45) is 7.97. The summed E-state index contributed by atoms with van der Waals surface area (Å²) in [6.45, 7) is 4.10. The van der Waals surface area contributed by atoms with E-state index in [1.807, 2.05) is 17.9 Å². The lowest BCUT2D eigenvalue weighted by Crippen LogP contribution is -2.36. The molecule has 0 N–H and O–H groups in total. The second-order valence-electron chi connectivity index (χ2n) is 6.44. The van der Waals surface area contributed by atoms with Crippen LogP contribution in [0.5, 0.6) is 5.88 Å². The van der Waals surface area contributed by atoms with E-state index in [0.29, 0.717) is 31.4 Å². The topological polar surface area (TPSA) is 42.4 Å². The Morgan fingerprint density at radius 3 is 2.95 bits per heavy atom. The van der Waals surface area contributed by atoms with Gasteiger partial charge in [0.15, 0.2) is 0 Å². The van der Waals surface area contributed by atoms with Crippen molar-refractivity contribution in [3.63, 3.8) is 0 Å². The number of hydrogen-bond donors (Lipinski definition) is 0. The molecule has 0 atom stereocenters. The van der Waals surface area contributed by atoms with E-state index < -0.39 is 0 Å². The summed E-state index contributed by atoms with van der Waals surface area (Å²) >= 11 is 0. The Bertz CT molecular complexity index is 524. The molecule has 1 aromatic rings.